The van der Waals surface area contributed by atoms with Gasteiger partial charge < -0.3 is 5.32 Å². The highest BCUT2D eigenvalue weighted by molar-refractivity contribution is 6.43. The van der Waals surface area contributed by atoms with Crippen molar-refractivity contribution in [1.29, 1.82) is 0 Å². The van der Waals surface area contributed by atoms with Gasteiger partial charge in [0.15, 0.2) is 0 Å². The average molecular weight is 413 g/mol. The normalized spacial score (nSPS) is 14.5. The predicted molar refractivity (Wildman–Crippen MR) is 120 cm³/mol. The monoisotopic (exact) mass is 413 g/mol. The van der Waals surface area contributed by atoms with Crippen LogP contribution in [0.5, 0.6) is 0 Å². The van der Waals surface area contributed by atoms with Gasteiger partial charge in [0, 0.05) is 24.3 Å². The van der Waals surface area contributed by atoms with Gasteiger partial charge in [0.1, 0.15) is 5.69 Å². The van der Waals surface area contributed by atoms with Gasteiger partial charge in [-0.2, -0.15) is 0 Å². The number of anilines is 2. The highest BCUT2D eigenvalue weighted by Crippen LogP contribution is 2.35. The zero-order chi connectivity index (χ0) is 22.1. The lowest BCUT2D eigenvalue weighted by Gasteiger charge is -2.29. The summed E-state index contributed by atoms with van der Waals surface area (Å²) in [6.07, 6.45) is 1.59. The lowest BCUT2D eigenvalue weighted by Crippen LogP contribution is -2.42. The van der Waals surface area contributed by atoms with E-state index in [1.54, 1.807) is 61.7 Å². The molecule has 0 fully saturated rings. The highest BCUT2D eigenvalue weighted by atomic mass is 16.6. The third-order valence-corrected chi connectivity index (χ3v) is 5.24. The van der Waals surface area contributed by atoms with Crippen molar-refractivity contribution >= 4 is 40.5 Å². The summed E-state index contributed by atoms with van der Waals surface area (Å²) >= 11 is 0. The molecule has 154 valence electrons. The van der Waals surface area contributed by atoms with E-state index in [0.29, 0.717) is 33.6 Å². The maximum atomic E-state index is 13.5. The molecule has 4 rings (SSSR count). The number of nitro benzene ring substituents is 1. The fourth-order valence-corrected chi connectivity index (χ4v) is 3.69. The minimum atomic E-state index is -0.479. The molecule has 2 amide bonds. The molecular formula is C24H19N3O4. The fraction of sp³-hybridized carbons (Fsp3) is 0.0833. The van der Waals surface area contributed by atoms with Crippen molar-refractivity contribution in [1.82, 2.24) is 0 Å². The van der Waals surface area contributed by atoms with Crippen LogP contribution in [0.2, 0.25) is 0 Å². The molecule has 0 bridgehead atoms. The molecule has 0 aliphatic carbocycles. The number of rotatable bonds is 4. The van der Waals surface area contributed by atoms with Gasteiger partial charge in [-0.3, -0.25) is 19.7 Å². The van der Waals surface area contributed by atoms with Gasteiger partial charge in [-0.1, -0.05) is 42.5 Å². The Labute approximate surface area is 178 Å². The zero-order valence-electron chi connectivity index (χ0n) is 17.0. The molecule has 3 aromatic rings. The number of hydrogen-bond donors (Lipinski definition) is 1. The molecule has 0 saturated heterocycles. The van der Waals surface area contributed by atoms with Crippen LogP contribution >= 0.6 is 0 Å². The molecule has 1 heterocycles. The lowest BCUT2D eigenvalue weighted by atomic mass is 9.91. The van der Waals surface area contributed by atoms with E-state index in [-0.39, 0.29) is 5.69 Å². The number of benzene rings is 3. The maximum absolute atomic E-state index is 13.5. The Kier molecular flexibility index (Phi) is 5.09. The fourth-order valence-electron chi connectivity index (χ4n) is 3.69. The summed E-state index contributed by atoms with van der Waals surface area (Å²) in [5.74, 6) is -0.873. The third kappa shape index (κ3) is 3.46. The largest absolute Gasteiger partial charge is 0.383 e. The Morgan fingerprint density at radius 1 is 0.935 bits per heavy atom. The second-order valence-electron chi connectivity index (χ2n) is 7.12. The summed E-state index contributed by atoms with van der Waals surface area (Å²) in [7, 11) is 1.60. The summed E-state index contributed by atoms with van der Waals surface area (Å²) in [5, 5.41) is 14.2. The molecule has 0 radical (unpaired) electrons. The number of hydrogen-bond acceptors (Lipinski definition) is 5. The van der Waals surface area contributed by atoms with Crippen molar-refractivity contribution in [2.45, 2.75) is 6.92 Å². The van der Waals surface area contributed by atoms with Crippen LogP contribution in [0.1, 0.15) is 27.0 Å². The maximum Gasteiger partial charge on any atom is 0.292 e. The van der Waals surface area contributed by atoms with Gasteiger partial charge in [0.25, 0.3) is 17.5 Å². The van der Waals surface area contributed by atoms with Gasteiger partial charge in [0.05, 0.1) is 10.6 Å². The van der Waals surface area contributed by atoms with E-state index in [1.165, 1.54) is 11.0 Å². The summed E-state index contributed by atoms with van der Waals surface area (Å²) in [4.78, 5) is 38.8. The number of fused-ring (bicyclic) bond motifs is 1. The van der Waals surface area contributed by atoms with E-state index < -0.39 is 16.7 Å². The molecule has 0 spiro atoms. The molecule has 0 atom stereocenters. The van der Waals surface area contributed by atoms with E-state index in [2.05, 4.69) is 5.32 Å². The number of nitrogens with one attached hydrogen (secondary N) is 1. The molecule has 1 N–H and O–H groups in total. The van der Waals surface area contributed by atoms with Crippen molar-refractivity contribution in [3.63, 3.8) is 0 Å². The van der Waals surface area contributed by atoms with Crippen LogP contribution in [-0.4, -0.2) is 23.8 Å². The summed E-state index contributed by atoms with van der Waals surface area (Å²) in [6.45, 7) is 1.83. The van der Waals surface area contributed by atoms with Gasteiger partial charge in [-0.25, -0.2) is 4.90 Å². The molecular weight excluding hydrogens is 394 g/mol. The average Bonchev–Trinajstić information content (AvgIpc) is 2.78. The minimum Gasteiger partial charge on any atom is -0.383 e. The van der Waals surface area contributed by atoms with Crippen LogP contribution in [0.4, 0.5) is 17.1 Å². The van der Waals surface area contributed by atoms with Crippen molar-refractivity contribution in [2.24, 2.45) is 0 Å². The molecule has 1 aliphatic rings. The number of carbonyl (C=O) groups excluding carboxylic acids is 2. The molecule has 0 aromatic heterocycles. The standard InChI is InChI=1S/C24H19N3O4/c1-15-7-3-6-10-21(15)26-23(28)18-9-5-4-8-17(18)19(24(26)29)13-16-11-12-20(25-2)22(14-16)27(30)31/h3-14,25H,1-2H3/b19-13-. The number of nitro groups is 1. The van der Waals surface area contributed by atoms with Crippen LogP contribution in [0, 0.1) is 17.0 Å². The second kappa shape index (κ2) is 7.87. The van der Waals surface area contributed by atoms with Crippen LogP contribution in [-0.2, 0) is 4.79 Å². The number of aryl methyl sites for hydroxylation is 1. The smallest absolute Gasteiger partial charge is 0.292 e. The molecule has 0 unspecified atom stereocenters. The molecule has 0 saturated carbocycles. The Hall–Kier alpha value is -4.26. The third-order valence-electron chi connectivity index (χ3n) is 5.24. The second-order valence-corrected chi connectivity index (χ2v) is 7.12. The first kappa shape index (κ1) is 20.0. The number of para-hydroxylation sites is 1. The lowest BCUT2D eigenvalue weighted by molar-refractivity contribution is -0.384. The Morgan fingerprint density at radius 2 is 1.61 bits per heavy atom. The first-order valence-electron chi connectivity index (χ1n) is 9.64. The number of imide groups is 1. The molecule has 1 aliphatic heterocycles. The van der Waals surface area contributed by atoms with E-state index in [9.17, 15) is 19.7 Å². The quantitative estimate of drug-likeness (QED) is 0.290. The van der Waals surface area contributed by atoms with Gasteiger partial charge in [-0.15, -0.1) is 0 Å². The highest BCUT2D eigenvalue weighted by Gasteiger charge is 2.36. The van der Waals surface area contributed by atoms with E-state index in [4.69, 9.17) is 0 Å². The SMILES string of the molecule is CNc1ccc(/C=C2\C(=O)N(c3ccccc3C)C(=O)c3ccccc32)cc1[N+](=O)[O-]. The Balaban J connectivity index is 1.91. The van der Waals surface area contributed by atoms with Crippen LogP contribution < -0.4 is 10.2 Å². The van der Waals surface area contributed by atoms with E-state index >= 15 is 0 Å². The Morgan fingerprint density at radius 3 is 2.29 bits per heavy atom. The van der Waals surface area contributed by atoms with Crippen molar-refractivity contribution in [3.8, 4) is 0 Å². The summed E-state index contributed by atoms with van der Waals surface area (Å²) in [5.41, 5.74) is 3.26. The van der Waals surface area contributed by atoms with Crippen molar-refractivity contribution in [3.05, 3.63) is 99.1 Å². The number of amides is 2. The van der Waals surface area contributed by atoms with E-state index in [0.717, 1.165) is 5.56 Å². The van der Waals surface area contributed by atoms with Gasteiger partial charge in [-0.05, 0) is 47.9 Å². The Bertz CT molecular complexity index is 1260. The number of carbonyl (C=O) groups is 2. The van der Waals surface area contributed by atoms with E-state index in [1.807, 2.05) is 19.1 Å². The first-order valence-corrected chi connectivity index (χ1v) is 9.64. The molecule has 31 heavy (non-hydrogen) atoms. The van der Waals surface area contributed by atoms with Crippen LogP contribution in [0.3, 0.4) is 0 Å². The summed E-state index contributed by atoms with van der Waals surface area (Å²) in [6, 6.07) is 18.7. The number of nitrogens with zero attached hydrogens (tertiary/aromatic N) is 2. The summed E-state index contributed by atoms with van der Waals surface area (Å²) < 4.78 is 0. The molecule has 7 nitrogen and oxygen atoms in total. The molecule has 3 aromatic carbocycles. The topological polar surface area (TPSA) is 92.6 Å². The van der Waals surface area contributed by atoms with Crippen LogP contribution in [0.15, 0.2) is 66.7 Å². The van der Waals surface area contributed by atoms with Crippen molar-refractivity contribution < 1.29 is 14.5 Å². The minimum absolute atomic E-state index is 0.0970. The molecule has 7 heteroatoms. The van der Waals surface area contributed by atoms with Crippen LogP contribution in [0.25, 0.3) is 11.6 Å². The van der Waals surface area contributed by atoms with Gasteiger partial charge in [0.2, 0.25) is 0 Å². The zero-order valence-corrected chi connectivity index (χ0v) is 17.0. The first-order chi connectivity index (χ1) is 14.9. The predicted octanol–water partition coefficient (Wildman–Crippen LogP) is 4.67. The van der Waals surface area contributed by atoms with Gasteiger partial charge >= 0.3 is 0 Å². The van der Waals surface area contributed by atoms with Crippen molar-refractivity contribution in [2.75, 3.05) is 17.3 Å².